The third-order valence-electron chi connectivity index (χ3n) is 12.0. The average molecular weight is 503 g/mol. The van der Waals surface area contributed by atoms with Gasteiger partial charge in [-0.05, 0) is 129 Å². The van der Waals surface area contributed by atoms with Gasteiger partial charge < -0.3 is 9.84 Å². The van der Waals surface area contributed by atoms with E-state index in [1.807, 2.05) is 13.2 Å². The van der Waals surface area contributed by atoms with Crippen LogP contribution in [-0.4, -0.2) is 24.9 Å². The standard InChI is InChI=1S/C28H50O.C6H12O/c1-19(2)8-7-9-20(3)24-12-13-25-23-11-10-21-18-22(29-6)14-16-27(21,4)26(23)15-17-28(24,25)5;1-2-3-4-5-6-7/h19-26H,7-18H2,1-6H3;2,7H,1,3-6H2/t20-,21?,22?,23?,24?,25?,26?,27?,28?;/m1./s1. The Balaban J connectivity index is 0.000000454. The van der Waals surface area contributed by atoms with E-state index < -0.39 is 0 Å². The average Bonchev–Trinajstić information content (AvgIpc) is 3.21. The van der Waals surface area contributed by atoms with Gasteiger partial charge in [0.05, 0.1) is 6.10 Å². The summed E-state index contributed by atoms with van der Waals surface area (Å²) in [5, 5.41) is 8.26. The van der Waals surface area contributed by atoms with E-state index in [1.54, 1.807) is 0 Å². The van der Waals surface area contributed by atoms with Crippen LogP contribution in [0, 0.1) is 52.3 Å². The van der Waals surface area contributed by atoms with Gasteiger partial charge in [0.25, 0.3) is 0 Å². The molecule has 0 aromatic carbocycles. The predicted molar refractivity (Wildman–Crippen MR) is 155 cm³/mol. The van der Waals surface area contributed by atoms with Crippen LogP contribution in [0.1, 0.15) is 131 Å². The number of aliphatic hydroxyl groups is 1. The second-order valence-electron chi connectivity index (χ2n) is 14.3. The maximum Gasteiger partial charge on any atom is 0.0574 e. The summed E-state index contributed by atoms with van der Waals surface area (Å²) in [7, 11) is 1.94. The second-order valence-corrected chi connectivity index (χ2v) is 14.3. The second kappa shape index (κ2) is 13.6. The van der Waals surface area contributed by atoms with Gasteiger partial charge in [-0.2, -0.15) is 0 Å². The van der Waals surface area contributed by atoms with Crippen molar-refractivity contribution in [2.24, 2.45) is 52.3 Å². The molecule has 2 nitrogen and oxygen atoms in total. The van der Waals surface area contributed by atoms with Crippen molar-refractivity contribution in [1.82, 2.24) is 0 Å². The van der Waals surface area contributed by atoms with E-state index >= 15 is 0 Å². The van der Waals surface area contributed by atoms with Crippen LogP contribution in [0.15, 0.2) is 12.7 Å². The first-order valence-corrected chi connectivity index (χ1v) is 16.0. The highest BCUT2D eigenvalue weighted by molar-refractivity contribution is 5.09. The Labute approximate surface area is 225 Å². The van der Waals surface area contributed by atoms with Crippen LogP contribution in [-0.2, 0) is 4.74 Å². The molecule has 4 aliphatic rings. The maximum absolute atomic E-state index is 8.26. The topological polar surface area (TPSA) is 29.5 Å². The summed E-state index contributed by atoms with van der Waals surface area (Å²) in [5.41, 5.74) is 1.26. The number of hydrogen-bond donors (Lipinski definition) is 1. The predicted octanol–water partition coefficient (Wildman–Crippen LogP) is 9.46. The quantitative estimate of drug-likeness (QED) is 0.238. The Morgan fingerprint density at radius 2 is 1.61 bits per heavy atom. The van der Waals surface area contributed by atoms with Crippen LogP contribution in [0.2, 0.25) is 0 Å². The number of ether oxygens (including phenoxy) is 1. The van der Waals surface area contributed by atoms with Crippen molar-refractivity contribution in [3.05, 3.63) is 12.7 Å². The van der Waals surface area contributed by atoms with E-state index in [4.69, 9.17) is 9.84 Å². The Kier molecular flexibility index (Phi) is 11.4. The molecule has 0 saturated heterocycles. The summed E-state index contributed by atoms with van der Waals surface area (Å²) in [5.74, 6) is 6.79. The van der Waals surface area contributed by atoms with Crippen LogP contribution >= 0.6 is 0 Å². The van der Waals surface area contributed by atoms with Crippen molar-refractivity contribution < 1.29 is 9.84 Å². The fourth-order valence-corrected chi connectivity index (χ4v) is 9.86. The fourth-order valence-electron chi connectivity index (χ4n) is 9.86. The number of hydrogen-bond acceptors (Lipinski definition) is 2. The van der Waals surface area contributed by atoms with E-state index in [0.717, 1.165) is 60.7 Å². The molecule has 0 radical (unpaired) electrons. The first-order valence-electron chi connectivity index (χ1n) is 16.0. The Morgan fingerprint density at radius 3 is 2.28 bits per heavy atom. The third kappa shape index (κ3) is 6.62. The number of unbranched alkanes of at least 4 members (excludes halogenated alkanes) is 2. The van der Waals surface area contributed by atoms with Crippen LogP contribution in [0.4, 0.5) is 0 Å². The molecule has 0 bridgehead atoms. The SMILES string of the molecule is C=CCCCCO.COC1CCC2(C)C(CCC3C2CCC2(C)C3CCC2[C@H](C)CCCC(C)C)C1. The zero-order valence-corrected chi connectivity index (χ0v) is 25.1. The summed E-state index contributed by atoms with van der Waals surface area (Å²) in [4.78, 5) is 0. The van der Waals surface area contributed by atoms with Gasteiger partial charge in [-0.15, -0.1) is 6.58 Å². The van der Waals surface area contributed by atoms with E-state index in [2.05, 4.69) is 41.2 Å². The van der Waals surface area contributed by atoms with Gasteiger partial charge >= 0.3 is 0 Å². The van der Waals surface area contributed by atoms with Crippen molar-refractivity contribution >= 4 is 0 Å². The molecular weight excluding hydrogens is 440 g/mol. The third-order valence-corrected chi connectivity index (χ3v) is 12.0. The van der Waals surface area contributed by atoms with Gasteiger partial charge in [0, 0.05) is 13.7 Å². The first-order chi connectivity index (χ1) is 17.2. The number of allylic oxidation sites excluding steroid dienone is 1. The normalized spacial score (nSPS) is 40.4. The summed E-state index contributed by atoms with van der Waals surface area (Å²) in [6.07, 6.45) is 23.0. The van der Waals surface area contributed by atoms with Crippen molar-refractivity contribution in [2.75, 3.05) is 13.7 Å². The highest BCUT2D eigenvalue weighted by Gasteiger charge is 2.60. The molecule has 4 fully saturated rings. The molecule has 4 aliphatic carbocycles. The van der Waals surface area contributed by atoms with Crippen molar-refractivity contribution in [3.63, 3.8) is 0 Å². The minimum Gasteiger partial charge on any atom is -0.396 e. The zero-order valence-electron chi connectivity index (χ0n) is 25.1. The molecule has 1 N–H and O–H groups in total. The van der Waals surface area contributed by atoms with E-state index in [1.165, 1.54) is 77.0 Å². The van der Waals surface area contributed by atoms with Gasteiger partial charge in [0.2, 0.25) is 0 Å². The van der Waals surface area contributed by atoms with E-state index in [9.17, 15) is 0 Å². The smallest absolute Gasteiger partial charge is 0.0574 e. The largest absolute Gasteiger partial charge is 0.396 e. The number of rotatable bonds is 10. The summed E-state index contributed by atoms with van der Waals surface area (Å²) >= 11 is 0. The van der Waals surface area contributed by atoms with Crippen LogP contribution in [0.25, 0.3) is 0 Å². The van der Waals surface area contributed by atoms with Crippen LogP contribution < -0.4 is 0 Å². The minimum absolute atomic E-state index is 0.313. The van der Waals surface area contributed by atoms with Gasteiger partial charge in [0.15, 0.2) is 0 Å². The molecule has 4 rings (SSSR count). The summed E-state index contributed by atoms with van der Waals surface area (Å²) in [6, 6.07) is 0. The molecular formula is C34H62O2. The van der Waals surface area contributed by atoms with Gasteiger partial charge in [-0.1, -0.05) is 60.0 Å². The van der Waals surface area contributed by atoms with E-state index in [-0.39, 0.29) is 0 Å². The molecule has 0 aliphatic heterocycles. The van der Waals surface area contributed by atoms with Gasteiger partial charge in [-0.3, -0.25) is 0 Å². The molecule has 0 spiro atoms. The van der Waals surface area contributed by atoms with Crippen LogP contribution in [0.5, 0.6) is 0 Å². The fraction of sp³-hybridized carbons (Fsp3) is 0.941. The minimum atomic E-state index is 0.313. The lowest BCUT2D eigenvalue weighted by Gasteiger charge is -2.61. The number of methoxy groups -OCH3 is 1. The summed E-state index contributed by atoms with van der Waals surface area (Å²) < 4.78 is 5.79. The molecule has 8 unspecified atom stereocenters. The van der Waals surface area contributed by atoms with Crippen LogP contribution in [0.3, 0.4) is 0 Å². The highest BCUT2D eigenvalue weighted by Crippen LogP contribution is 2.68. The van der Waals surface area contributed by atoms with Gasteiger partial charge in [0.1, 0.15) is 0 Å². The molecule has 0 amide bonds. The molecule has 0 heterocycles. The molecule has 9 atom stereocenters. The van der Waals surface area contributed by atoms with E-state index in [0.29, 0.717) is 23.5 Å². The lowest BCUT2D eigenvalue weighted by atomic mass is 9.44. The molecule has 0 aromatic heterocycles. The molecule has 0 aromatic rings. The molecule has 4 saturated carbocycles. The number of aliphatic hydroxyl groups excluding tert-OH is 1. The summed E-state index contributed by atoms with van der Waals surface area (Å²) in [6.45, 7) is 16.7. The number of fused-ring (bicyclic) bond motifs is 5. The highest BCUT2D eigenvalue weighted by atomic mass is 16.5. The molecule has 36 heavy (non-hydrogen) atoms. The maximum atomic E-state index is 8.26. The Hall–Kier alpha value is -0.340. The monoisotopic (exact) mass is 502 g/mol. The molecule has 2 heteroatoms. The Bertz CT molecular complexity index is 658. The van der Waals surface area contributed by atoms with Crippen molar-refractivity contribution in [1.29, 1.82) is 0 Å². The lowest BCUT2D eigenvalue weighted by molar-refractivity contribution is -0.133. The van der Waals surface area contributed by atoms with Crippen molar-refractivity contribution in [3.8, 4) is 0 Å². The van der Waals surface area contributed by atoms with Crippen molar-refractivity contribution in [2.45, 2.75) is 137 Å². The molecule has 210 valence electrons. The zero-order chi connectivity index (χ0) is 26.3. The first kappa shape index (κ1) is 30.2. The lowest BCUT2D eigenvalue weighted by Crippen LogP contribution is -2.54. The van der Waals surface area contributed by atoms with Gasteiger partial charge in [-0.25, -0.2) is 0 Å². The Morgan fingerprint density at radius 1 is 0.889 bits per heavy atom.